The van der Waals surface area contributed by atoms with E-state index >= 15 is 0 Å². The van der Waals surface area contributed by atoms with Crippen LogP contribution in [-0.2, 0) is 18.0 Å². The smallest absolute Gasteiger partial charge is 0.449 e. The minimum Gasteiger partial charge on any atom is -0.449 e. The summed E-state index contributed by atoms with van der Waals surface area (Å²) in [6.07, 6.45) is -7.82. The first-order valence-electron chi connectivity index (χ1n) is 5.06. The van der Waals surface area contributed by atoms with Gasteiger partial charge in [0.05, 0.1) is 22.9 Å². The second kappa shape index (κ2) is 11.2. The van der Waals surface area contributed by atoms with Gasteiger partial charge in [0.25, 0.3) is 0 Å². The molecule has 0 amide bonds. The highest BCUT2D eigenvalue weighted by molar-refractivity contribution is 9.10. The second-order valence-electron chi connectivity index (χ2n) is 3.89. The molecule has 1 atom stereocenters. The number of carbonyl (C=O) groups is 4. The lowest BCUT2D eigenvalue weighted by Gasteiger charge is -2.24. The summed E-state index contributed by atoms with van der Waals surface area (Å²) in [7, 11) is 0. The van der Waals surface area contributed by atoms with Crippen LogP contribution in [0.5, 0.6) is 0 Å². The van der Waals surface area contributed by atoms with Crippen LogP contribution in [0.1, 0.15) is 13.8 Å². The van der Waals surface area contributed by atoms with E-state index in [1.54, 1.807) is 0 Å². The largest absolute Gasteiger partial charge is 0.528 e. The van der Waals surface area contributed by atoms with E-state index in [4.69, 9.17) is 19.1 Å². The minimum atomic E-state index is -2.01. The standard InChI is InChI=1S/C5H10Br2O2.C4H2O9/c1-5(2,3-8)4(6)9-7;5-1(6)11-3(9)13-4(10)12-2(7)8/h4,8H,3H2,1-2H3;(H,5,6)(H,7,8). The summed E-state index contributed by atoms with van der Waals surface area (Å²) in [4.78, 5) is 39.5. The van der Waals surface area contributed by atoms with E-state index in [1.807, 2.05) is 13.8 Å². The van der Waals surface area contributed by atoms with Gasteiger partial charge in [-0.05, 0) is 0 Å². The van der Waals surface area contributed by atoms with E-state index in [-0.39, 0.29) is 17.0 Å². The maximum Gasteiger partial charge on any atom is 0.528 e. The molecule has 0 heterocycles. The van der Waals surface area contributed by atoms with E-state index in [0.717, 1.165) is 0 Å². The predicted octanol–water partition coefficient (Wildman–Crippen LogP) is 2.68. The summed E-state index contributed by atoms with van der Waals surface area (Å²) < 4.78 is 14.7. The van der Waals surface area contributed by atoms with Gasteiger partial charge in [0.15, 0.2) is 0 Å². The van der Waals surface area contributed by atoms with Gasteiger partial charge in [-0.2, -0.15) is 0 Å². The number of aliphatic hydroxyl groups is 1. The van der Waals surface area contributed by atoms with Crippen molar-refractivity contribution in [3.63, 3.8) is 0 Å². The highest BCUT2D eigenvalue weighted by Gasteiger charge is 2.26. The maximum atomic E-state index is 10.1. The van der Waals surface area contributed by atoms with Crippen LogP contribution < -0.4 is 0 Å². The number of hydrogen-bond donors (Lipinski definition) is 3. The third-order valence-electron chi connectivity index (χ3n) is 1.61. The number of carboxylic acid groups (broad SMARTS) is 2. The molecule has 0 aromatic heterocycles. The molecule has 0 aromatic rings. The summed E-state index contributed by atoms with van der Waals surface area (Å²) in [6, 6.07) is 0. The molecule has 0 saturated carbocycles. The lowest BCUT2D eigenvalue weighted by atomic mass is 9.97. The fourth-order valence-corrected chi connectivity index (χ4v) is 1.10. The van der Waals surface area contributed by atoms with Crippen molar-refractivity contribution in [1.29, 1.82) is 0 Å². The molecule has 0 aliphatic rings. The van der Waals surface area contributed by atoms with Gasteiger partial charge in [-0.1, -0.05) is 29.8 Å². The molecule has 0 aromatic carbocycles. The molecule has 0 radical (unpaired) electrons. The van der Waals surface area contributed by atoms with Gasteiger partial charge in [0, 0.05) is 5.41 Å². The summed E-state index contributed by atoms with van der Waals surface area (Å²) in [5.74, 6) is 0. The Morgan fingerprint density at radius 1 is 1.00 bits per heavy atom. The van der Waals surface area contributed by atoms with Crippen LogP contribution in [0.25, 0.3) is 0 Å². The molecule has 0 aliphatic carbocycles. The Labute approximate surface area is 140 Å². The van der Waals surface area contributed by atoms with Crippen LogP contribution in [0.2, 0.25) is 0 Å². The van der Waals surface area contributed by atoms with Crippen LogP contribution in [0, 0.1) is 5.41 Å². The molecule has 1 unspecified atom stereocenters. The van der Waals surface area contributed by atoms with Gasteiger partial charge in [-0.25, -0.2) is 19.2 Å². The molecule has 0 bridgehead atoms. The number of carbonyl (C=O) groups excluding carboxylic acids is 2. The van der Waals surface area contributed by atoms with Crippen LogP contribution in [0.4, 0.5) is 19.2 Å². The fraction of sp³-hybridized carbons (Fsp3) is 0.556. The van der Waals surface area contributed by atoms with Crippen LogP contribution >= 0.6 is 32.2 Å². The number of hydrogen-bond acceptors (Lipinski definition) is 9. The second-order valence-corrected chi connectivity index (χ2v) is 5.10. The molecular formula is C9H12Br2O11. The highest BCUT2D eigenvalue weighted by atomic mass is 79.9. The number of alkyl halides is 1. The average molecular weight is 456 g/mol. The monoisotopic (exact) mass is 454 g/mol. The lowest BCUT2D eigenvalue weighted by Crippen LogP contribution is -2.28. The van der Waals surface area contributed by atoms with Gasteiger partial charge in [-0.3, -0.25) is 3.83 Å². The van der Waals surface area contributed by atoms with E-state index in [2.05, 4.69) is 46.4 Å². The normalized spacial score (nSPS) is 11.3. The van der Waals surface area contributed by atoms with Gasteiger partial charge in [0.1, 0.15) is 5.01 Å². The molecular weight excluding hydrogens is 444 g/mol. The van der Waals surface area contributed by atoms with Crippen molar-refractivity contribution in [3.05, 3.63) is 0 Å². The number of ether oxygens (including phenoxy) is 3. The van der Waals surface area contributed by atoms with Crippen molar-refractivity contribution in [2.45, 2.75) is 18.9 Å². The van der Waals surface area contributed by atoms with Crippen LogP contribution in [0.15, 0.2) is 0 Å². The fourth-order valence-electron chi connectivity index (χ4n) is 0.445. The third-order valence-corrected chi connectivity index (χ3v) is 3.91. The Hall–Kier alpha value is -1.44. The Morgan fingerprint density at radius 3 is 1.55 bits per heavy atom. The minimum absolute atomic E-state index is 0.0918. The molecule has 0 rings (SSSR count). The maximum absolute atomic E-state index is 10.1. The number of aliphatic hydroxyl groups excluding tert-OH is 1. The van der Waals surface area contributed by atoms with Crippen molar-refractivity contribution in [3.8, 4) is 0 Å². The number of rotatable bonds is 3. The molecule has 0 fully saturated rings. The van der Waals surface area contributed by atoms with Gasteiger partial charge < -0.3 is 29.5 Å². The van der Waals surface area contributed by atoms with Gasteiger partial charge >= 0.3 is 24.6 Å². The zero-order chi connectivity index (χ0) is 17.9. The Morgan fingerprint density at radius 2 is 1.36 bits per heavy atom. The lowest BCUT2D eigenvalue weighted by molar-refractivity contribution is 0.0415. The van der Waals surface area contributed by atoms with Crippen molar-refractivity contribution in [2.24, 2.45) is 5.41 Å². The molecule has 22 heavy (non-hydrogen) atoms. The third kappa shape index (κ3) is 12.3. The first-order valence-corrected chi connectivity index (χ1v) is 6.62. The zero-order valence-electron chi connectivity index (χ0n) is 11.1. The Bertz CT molecular complexity index is 382. The van der Waals surface area contributed by atoms with Gasteiger partial charge in [-0.15, -0.1) is 0 Å². The molecule has 0 saturated heterocycles. The van der Waals surface area contributed by atoms with E-state index in [1.165, 1.54) is 0 Å². The highest BCUT2D eigenvalue weighted by Crippen LogP contribution is 2.28. The SMILES string of the molecule is CC(C)(CO)C(Br)OBr.O=C(O)OC(=O)OC(=O)OC(=O)O. The van der Waals surface area contributed by atoms with Crippen LogP contribution in [-0.4, -0.2) is 51.6 Å². The summed E-state index contributed by atoms with van der Waals surface area (Å²) in [6.45, 7) is 3.88. The zero-order valence-corrected chi connectivity index (χ0v) is 14.3. The quantitative estimate of drug-likeness (QED) is 0.325. The molecule has 3 N–H and O–H groups in total. The number of halogens is 2. The van der Waals surface area contributed by atoms with Crippen LogP contribution in [0.3, 0.4) is 0 Å². The summed E-state index contributed by atoms with van der Waals surface area (Å²) >= 11 is 6.06. The summed E-state index contributed by atoms with van der Waals surface area (Å²) in [5.41, 5.74) is -0.247. The van der Waals surface area contributed by atoms with E-state index in [0.29, 0.717) is 0 Å². The van der Waals surface area contributed by atoms with Crippen molar-refractivity contribution >= 4 is 56.8 Å². The van der Waals surface area contributed by atoms with Crippen molar-refractivity contribution < 1.29 is 52.5 Å². The summed E-state index contributed by atoms with van der Waals surface area (Å²) in [5, 5.41) is 24.2. The first kappa shape index (κ1) is 22.8. The van der Waals surface area contributed by atoms with Gasteiger partial charge in [0.2, 0.25) is 0 Å². The van der Waals surface area contributed by atoms with E-state index in [9.17, 15) is 19.2 Å². The Kier molecular flexibility index (Phi) is 11.6. The molecule has 128 valence electrons. The molecule has 0 spiro atoms. The van der Waals surface area contributed by atoms with E-state index < -0.39 is 24.6 Å². The molecule has 0 aliphatic heterocycles. The molecule has 13 heteroatoms. The molecule has 11 nitrogen and oxygen atoms in total. The first-order chi connectivity index (χ1) is 9.96. The van der Waals surface area contributed by atoms with Crippen molar-refractivity contribution in [1.82, 2.24) is 0 Å². The van der Waals surface area contributed by atoms with Crippen molar-refractivity contribution in [2.75, 3.05) is 6.61 Å². The Balaban J connectivity index is 0. The predicted molar refractivity (Wildman–Crippen MR) is 73.7 cm³/mol. The topological polar surface area (TPSA) is 166 Å². The average Bonchev–Trinajstić information content (AvgIpc) is 2.36.